The fourth-order valence-electron chi connectivity index (χ4n) is 4.66. The molecule has 210 valence electrons. The first-order valence-corrected chi connectivity index (χ1v) is 13.4. The largest absolute Gasteiger partial charge is 0.457 e. The number of fused-ring (bicyclic) bond motifs is 2. The third-order valence-electron chi connectivity index (χ3n) is 6.59. The van der Waals surface area contributed by atoms with E-state index >= 15 is 0 Å². The van der Waals surface area contributed by atoms with Crippen LogP contribution in [0.15, 0.2) is 61.3 Å². The Hall–Kier alpha value is -5.00. The molecule has 1 fully saturated rings. The van der Waals surface area contributed by atoms with Gasteiger partial charge in [0, 0.05) is 37.1 Å². The summed E-state index contributed by atoms with van der Waals surface area (Å²) in [6.07, 6.45) is 5.33. The van der Waals surface area contributed by atoms with E-state index < -0.39 is 5.60 Å². The van der Waals surface area contributed by atoms with E-state index in [1.807, 2.05) is 76.4 Å². The van der Waals surface area contributed by atoms with Gasteiger partial charge in [-0.2, -0.15) is 5.10 Å². The lowest BCUT2D eigenvalue weighted by molar-refractivity contribution is 0.0293. The molecule has 0 aliphatic carbocycles. The quantitative estimate of drug-likeness (QED) is 0.284. The van der Waals surface area contributed by atoms with Crippen molar-refractivity contribution in [2.75, 3.05) is 23.7 Å². The predicted molar refractivity (Wildman–Crippen MR) is 155 cm³/mol. The molecule has 1 unspecified atom stereocenters. The van der Waals surface area contributed by atoms with Gasteiger partial charge in [0.05, 0.1) is 5.52 Å². The van der Waals surface area contributed by atoms with Crippen LogP contribution in [0.2, 0.25) is 0 Å². The summed E-state index contributed by atoms with van der Waals surface area (Å²) in [5, 5.41) is 10.9. The zero-order chi connectivity index (χ0) is 28.6. The topological polar surface area (TPSA) is 132 Å². The van der Waals surface area contributed by atoms with E-state index in [1.165, 1.54) is 12.7 Å². The highest BCUT2D eigenvalue weighted by Crippen LogP contribution is 2.30. The van der Waals surface area contributed by atoms with Crippen LogP contribution in [-0.2, 0) is 4.74 Å². The third-order valence-corrected chi connectivity index (χ3v) is 6.59. The molecule has 2 N–H and O–H groups in total. The maximum atomic E-state index is 12.4. The van der Waals surface area contributed by atoms with Gasteiger partial charge in [0.25, 0.3) is 0 Å². The molecule has 12 nitrogen and oxygen atoms in total. The molecule has 1 saturated heterocycles. The second-order valence-electron chi connectivity index (χ2n) is 11.0. The van der Waals surface area contributed by atoms with E-state index in [0.29, 0.717) is 41.6 Å². The van der Waals surface area contributed by atoms with E-state index in [2.05, 4.69) is 30.7 Å². The molecule has 0 bridgehead atoms. The molecule has 5 heterocycles. The number of anilines is 3. The second-order valence-corrected chi connectivity index (χ2v) is 11.0. The predicted octanol–water partition coefficient (Wildman–Crippen LogP) is 5.33. The fraction of sp³-hybridized carbons (Fsp3) is 0.310. The second kappa shape index (κ2) is 10.5. The van der Waals surface area contributed by atoms with E-state index in [9.17, 15) is 4.79 Å². The van der Waals surface area contributed by atoms with Crippen LogP contribution < -0.4 is 15.4 Å². The van der Waals surface area contributed by atoms with Gasteiger partial charge in [-0.3, -0.25) is 0 Å². The summed E-state index contributed by atoms with van der Waals surface area (Å²) in [6, 6.07) is 13.4. The smallest absolute Gasteiger partial charge is 0.410 e. The number of carbonyl (C=O) groups is 1. The number of hydrogen-bond acceptors (Lipinski definition) is 10. The number of pyridine rings is 2. The Balaban J connectivity index is 1.15. The first kappa shape index (κ1) is 26.2. The van der Waals surface area contributed by atoms with Crippen molar-refractivity contribution in [2.24, 2.45) is 0 Å². The minimum atomic E-state index is -0.523. The van der Waals surface area contributed by atoms with Gasteiger partial charge in [-0.1, -0.05) is 0 Å². The Kier molecular flexibility index (Phi) is 6.73. The summed E-state index contributed by atoms with van der Waals surface area (Å²) in [5.41, 5.74) is 3.33. The van der Waals surface area contributed by atoms with E-state index in [0.717, 1.165) is 28.9 Å². The summed E-state index contributed by atoms with van der Waals surface area (Å²) in [5.74, 6) is 2.69. The van der Waals surface area contributed by atoms with Crippen molar-refractivity contribution in [3.8, 4) is 11.5 Å². The molecule has 0 radical (unpaired) electrons. The Morgan fingerprint density at radius 2 is 1.93 bits per heavy atom. The van der Waals surface area contributed by atoms with Gasteiger partial charge < -0.3 is 25.0 Å². The Morgan fingerprint density at radius 3 is 2.76 bits per heavy atom. The first-order valence-electron chi connectivity index (χ1n) is 13.4. The van der Waals surface area contributed by atoms with Crippen molar-refractivity contribution >= 4 is 40.1 Å². The lowest BCUT2D eigenvalue weighted by atomic mass is 10.2. The molecule has 1 aliphatic rings. The number of amides is 1. The molecule has 1 atom stereocenters. The molecule has 1 amide bonds. The van der Waals surface area contributed by atoms with Crippen LogP contribution in [0.4, 0.5) is 22.1 Å². The molecule has 1 aromatic carbocycles. The van der Waals surface area contributed by atoms with Gasteiger partial charge in [0.1, 0.15) is 41.1 Å². The summed E-state index contributed by atoms with van der Waals surface area (Å²) < 4.78 is 13.3. The average molecular weight is 554 g/mol. The molecule has 0 spiro atoms. The Morgan fingerprint density at radius 1 is 1.05 bits per heavy atom. The number of aryl methyl sites for hydroxylation is 1. The summed E-state index contributed by atoms with van der Waals surface area (Å²) >= 11 is 0. The fourth-order valence-corrected chi connectivity index (χ4v) is 4.66. The summed E-state index contributed by atoms with van der Waals surface area (Å²) in [4.78, 5) is 32.0. The lowest BCUT2D eigenvalue weighted by Crippen LogP contribution is -2.36. The monoisotopic (exact) mass is 553 g/mol. The van der Waals surface area contributed by atoms with E-state index in [-0.39, 0.29) is 12.1 Å². The van der Waals surface area contributed by atoms with Gasteiger partial charge in [-0.05, 0) is 76.1 Å². The Bertz CT molecular complexity index is 1730. The number of rotatable bonds is 6. The summed E-state index contributed by atoms with van der Waals surface area (Å²) in [6.45, 7) is 8.77. The van der Waals surface area contributed by atoms with Crippen LogP contribution in [0.25, 0.3) is 16.7 Å². The maximum Gasteiger partial charge on any atom is 0.410 e. The highest BCUT2D eigenvalue weighted by atomic mass is 16.6. The number of ether oxygens (including phenoxy) is 2. The van der Waals surface area contributed by atoms with Crippen molar-refractivity contribution < 1.29 is 14.3 Å². The van der Waals surface area contributed by atoms with Crippen LogP contribution in [0.1, 0.15) is 32.8 Å². The minimum absolute atomic E-state index is 0.0640. The van der Waals surface area contributed by atoms with Crippen LogP contribution in [0.5, 0.6) is 11.5 Å². The number of aromatic nitrogens is 6. The number of carbonyl (C=O) groups excluding carboxylic acids is 1. The normalized spacial score (nSPS) is 15.3. The molecule has 0 saturated carbocycles. The average Bonchev–Trinajstić information content (AvgIpc) is 3.59. The van der Waals surface area contributed by atoms with Crippen LogP contribution in [0.3, 0.4) is 0 Å². The molecule has 6 rings (SSSR count). The van der Waals surface area contributed by atoms with Gasteiger partial charge in [0.15, 0.2) is 11.5 Å². The Labute approximate surface area is 236 Å². The van der Waals surface area contributed by atoms with Crippen molar-refractivity contribution in [3.63, 3.8) is 0 Å². The molecule has 12 heteroatoms. The summed E-state index contributed by atoms with van der Waals surface area (Å²) in [7, 11) is 0. The van der Waals surface area contributed by atoms with Crippen molar-refractivity contribution in [3.05, 3.63) is 66.9 Å². The van der Waals surface area contributed by atoms with Crippen molar-refractivity contribution in [2.45, 2.75) is 45.8 Å². The van der Waals surface area contributed by atoms with Gasteiger partial charge in [-0.15, -0.1) is 0 Å². The number of likely N-dealkylation sites (tertiary alicyclic amines) is 1. The highest BCUT2D eigenvalue weighted by Gasteiger charge is 2.30. The third kappa shape index (κ3) is 5.96. The minimum Gasteiger partial charge on any atom is -0.457 e. The first-order chi connectivity index (χ1) is 19.7. The molecule has 41 heavy (non-hydrogen) atoms. The van der Waals surface area contributed by atoms with Crippen LogP contribution >= 0.6 is 0 Å². The molecule has 1 aliphatic heterocycles. The molecular formula is C29H31N9O3. The zero-order valence-corrected chi connectivity index (χ0v) is 23.3. The zero-order valence-electron chi connectivity index (χ0n) is 23.3. The lowest BCUT2D eigenvalue weighted by Gasteiger charge is -2.24. The number of nitrogens with zero attached hydrogens (tertiary/aromatic N) is 7. The van der Waals surface area contributed by atoms with Crippen LogP contribution in [0, 0.1) is 6.92 Å². The molecule has 5 aromatic rings. The molecular weight excluding hydrogens is 522 g/mol. The maximum absolute atomic E-state index is 12.4. The van der Waals surface area contributed by atoms with Crippen molar-refractivity contribution in [1.82, 2.24) is 34.4 Å². The van der Waals surface area contributed by atoms with E-state index in [4.69, 9.17) is 14.5 Å². The number of benzene rings is 1. The van der Waals surface area contributed by atoms with E-state index in [1.54, 1.807) is 9.42 Å². The number of nitrogens with one attached hydrogen (secondary N) is 2. The number of hydrogen-bond donors (Lipinski definition) is 2. The van der Waals surface area contributed by atoms with Gasteiger partial charge >= 0.3 is 6.09 Å². The van der Waals surface area contributed by atoms with Gasteiger partial charge in [0.2, 0.25) is 0 Å². The standard InChI is InChI=1S/C29H31N9O3/c1-18-13-19(5-7-23(18)40-21-10-12-38-25(14-21)31-17-33-38)35-27-26-22(30-16-32-27)6-8-24(36-26)34-20-9-11-37(15-20)28(39)41-29(2,3)4/h5-8,10,12-14,16-17,20H,9,11,15H2,1-4H3,(H,34,36)(H,30,32,35). The molecule has 4 aromatic heterocycles. The highest BCUT2D eigenvalue weighted by molar-refractivity contribution is 5.88. The van der Waals surface area contributed by atoms with Gasteiger partial charge in [-0.25, -0.2) is 29.2 Å². The van der Waals surface area contributed by atoms with Crippen molar-refractivity contribution in [1.29, 1.82) is 0 Å². The van der Waals surface area contributed by atoms with Crippen LogP contribution in [-0.4, -0.2) is 65.3 Å². The SMILES string of the molecule is Cc1cc(Nc2ncnc3ccc(NC4CCN(C(=O)OC(C)(C)C)C4)nc23)ccc1Oc1ccn2ncnc2c1.